The van der Waals surface area contributed by atoms with Crippen molar-refractivity contribution in [2.45, 2.75) is 31.7 Å². The molecule has 6 rings (SSSR count). The topological polar surface area (TPSA) is 74.9 Å². The minimum absolute atomic E-state index is 0.0424. The Hall–Kier alpha value is -3.97. The fraction of sp³-hybridized carbons (Fsp3) is 0.312. The van der Waals surface area contributed by atoms with Crippen molar-refractivity contribution in [2.24, 2.45) is 0 Å². The molecule has 1 N–H and O–H groups in total. The maximum atomic E-state index is 14.3. The molecule has 0 spiro atoms. The number of hydrogen-bond acceptors (Lipinski definition) is 4. The third kappa shape index (κ3) is 4.11. The van der Waals surface area contributed by atoms with Crippen LogP contribution in [-0.2, 0) is 21.5 Å². The number of nitrogens with one attached hydrogen (secondary N) is 1. The number of amides is 2. The molecule has 206 valence electrons. The zero-order valence-electron chi connectivity index (χ0n) is 22.9. The zero-order valence-corrected chi connectivity index (χ0v) is 23.6. The first kappa shape index (κ1) is 26.3. The molecular weight excluding hydrogens is 526 g/mol. The molecule has 0 radical (unpaired) electrons. The Balaban J connectivity index is 1.46. The summed E-state index contributed by atoms with van der Waals surface area (Å²) in [6.45, 7) is 5.13. The number of piperazine rings is 1. The molecular formula is C32H32ClN3O4. The first-order valence-electron chi connectivity index (χ1n) is 13.6. The lowest BCUT2D eigenvalue weighted by Crippen LogP contribution is -2.67. The van der Waals surface area contributed by atoms with Crippen LogP contribution >= 0.6 is 11.6 Å². The van der Waals surface area contributed by atoms with Gasteiger partial charge in [-0.25, -0.2) is 0 Å². The van der Waals surface area contributed by atoms with Crippen LogP contribution in [-0.4, -0.2) is 59.9 Å². The van der Waals surface area contributed by atoms with Gasteiger partial charge in [-0.15, -0.1) is 0 Å². The van der Waals surface area contributed by atoms with Crippen LogP contribution in [0.1, 0.15) is 42.1 Å². The highest BCUT2D eigenvalue weighted by Crippen LogP contribution is 2.50. The van der Waals surface area contributed by atoms with E-state index in [4.69, 9.17) is 21.1 Å². The highest BCUT2D eigenvalue weighted by atomic mass is 35.5. The van der Waals surface area contributed by atoms with Crippen molar-refractivity contribution < 1.29 is 19.1 Å². The van der Waals surface area contributed by atoms with Crippen LogP contribution in [0, 0.1) is 0 Å². The van der Waals surface area contributed by atoms with E-state index in [1.54, 1.807) is 16.9 Å². The maximum Gasteiger partial charge on any atom is 0.254 e. The molecule has 0 unspecified atom stereocenters. The van der Waals surface area contributed by atoms with E-state index in [1.807, 2.05) is 74.5 Å². The SMILES string of the molecule is CCOc1c(OC)cccc1[C@@H]1CN2C(=O)CN(CCc3ccc(Cl)cc3)C(=O)[C@]2(C)c2[nH]c3ccccc3c21. The molecule has 40 heavy (non-hydrogen) atoms. The normalized spacial score (nSPS) is 20.4. The molecule has 2 amide bonds. The summed E-state index contributed by atoms with van der Waals surface area (Å²) in [6.07, 6.45) is 0.635. The molecule has 1 aromatic heterocycles. The predicted molar refractivity (Wildman–Crippen MR) is 155 cm³/mol. The number of aromatic amines is 1. The van der Waals surface area contributed by atoms with E-state index in [2.05, 4.69) is 11.1 Å². The number of fused-ring (bicyclic) bond motifs is 5. The van der Waals surface area contributed by atoms with Crippen molar-refractivity contribution in [3.63, 3.8) is 0 Å². The zero-order chi connectivity index (χ0) is 28.0. The summed E-state index contributed by atoms with van der Waals surface area (Å²) in [4.78, 5) is 35.1. The molecule has 7 nitrogen and oxygen atoms in total. The Morgan fingerprint density at radius 1 is 1.05 bits per heavy atom. The van der Waals surface area contributed by atoms with Crippen LogP contribution in [0.4, 0.5) is 0 Å². The fourth-order valence-corrected chi connectivity index (χ4v) is 6.45. The minimum atomic E-state index is -1.16. The standard InChI is InChI=1S/C32H32ClN3O4/c1-4-40-29-22(9-7-11-26(29)39-3)24-18-36-27(37)19-35(17-16-20-12-14-21(33)15-13-20)31(38)32(36,2)30-28(24)23-8-5-6-10-25(23)34-30/h5-15,24,34H,4,16-19H2,1-3H3/t24-,32-/m0/s1. The third-order valence-corrected chi connectivity index (χ3v) is 8.55. The number of carbonyl (C=O) groups is 2. The van der Waals surface area contributed by atoms with Gasteiger partial charge in [-0.05, 0) is 55.7 Å². The molecule has 1 saturated heterocycles. The van der Waals surface area contributed by atoms with Crippen LogP contribution in [0.5, 0.6) is 11.5 Å². The molecule has 2 aliphatic heterocycles. The number of halogens is 1. The highest BCUT2D eigenvalue weighted by Gasteiger charge is 2.56. The molecule has 3 aromatic carbocycles. The van der Waals surface area contributed by atoms with Gasteiger partial charge in [0.1, 0.15) is 0 Å². The van der Waals surface area contributed by atoms with Crippen LogP contribution in [0.2, 0.25) is 5.02 Å². The Morgan fingerprint density at radius 2 is 1.82 bits per heavy atom. The van der Waals surface area contributed by atoms with Gasteiger partial charge in [0.25, 0.3) is 5.91 Å². The molecule has 0 bridgehead atoms. The summed E-state index contributed by atoms with van der Waals surface area (Å²) in [5.41, 5.74) is 3.53. The molecule has 0 saturated carbocycles. The van der Waals surface area contributed by atoms with E-state index in [-0.39, 0.29) is 24.3 Å². The second-order valence-corrected chi connectivity index (χ2v) is 10.9. The quantitative estimate of drug-likeness (QED) is 0.325. The van der Waals surface area contributed by atoms with Gasteiger partial charge in [0.05, 0.1) is 26.0 Å². The number of nitrogens with zero attached hydrogens (tertiary/aromatic N) is 2. The number of carbonyl (C=O) groups excluding carboxylic acids is 2. The van der Waals surface area contributed by atoms with Crippen LogP contribution < -0.4 is 9.47 Å². The molecule has 3 heterocycles. The monoisotopic (exact) mass is 557 g/mol. The lowest BCUT2D eigenvalue weighted by atomic mass is 9.76. The van der Waals surface area contributed by atoms with Gasteiger partial charge in [-0.2, -0.15) is 0 Å². The van der Waals surface area contributed by atoms with Crippen molar-refractivity contribution in [2.75, 3.05) is 33.4 Å². The van der Waals surface area contributed by atoms with Crippen LogP contribution in [0.25, 0.3) is 10.9 Å². The van der Waals surface area contributed by atoms with E-state index in [0.717, 1.165) is 33.3 Å². The summed E-state index contributed by atoms with van der Waals surface area (Å²) in [5.74, 6) is 0.936. The van der Waals surface area contributed by atoms with Crippen molar-refractivity contribution >= 4 is 34.3 Å². The third-order valence-electron chi connectivity index (χ3n) is 8.29. The Labute approximate surface area is 238 Å². The van der Waals surface area contributed by atoms with Gasteiger partial charge >= 0.3 is 0 Å². The van der Waals surface area contributed by atoms with Gasteiger partial charge in [0, 0.05) is 40.5 Å². The Kier molecular flexibility index (Phi) is 6.70. The smallest absolute Gasteiger partial charge is 0.254 e. The number of ether oxygens (including phenoxy) is 2. The summed E-state index contributed by atoms with van der Waals surface area (Å²) >= 11 is 6.05. The maximum absolute atomic E-state index is 14.3. The number of aromatic nitrogens is 1. The number of hydrogen-bond donors (Lipinski definition) is 1. The predicted octanol–water partition coefficient (Wildman–Crippen LogP) is 5.50. The fourth-order valence-electron chi connectivity index (χ4n) is 6.32. The van der Waals surface area contributed by atoms with Gasteiger partial charge in [-0.1, -0.05) is 54.1 Å². The summed E-state index contributed by atoms with van der Waals surface area (Å²) in [5, 5.41) is 1.70. The largest absolute Gasteiger partial charge is 0.493 e. The van der Waals surface area contributed by atoms with Crippen molar-refractivity contribution in [3.05, 3.63) is 94.1 Å². The van der Waals surface area contributed by atoms with Crippen molar-refractivity contribution in [1.82, 2.24) is 14.8 Å². The molecule has 2 aliphatic rings. The lowest BCUT2D eigenvalue weighted by molar-refractivity contribution is -0.166. The summed E-state index contributed by atoms with van der Waals surface area (Å²) < 4.78 is 11.8. The first-order valence-corrected chi connectivity index (χ1v) is 14.0. The Morgan fingerprint density at radius 3 is 2.58 bits per heavy atom. The molecule has 2 atom stereocenters. The van der Waals surface area contributed by atoms with Gasteiger partial charge < -0.3 is 24.3 Å². The number of H-pyrrole nitrogens is 1. The van der Waals surface area contributed by atoms with E-state index < -0.39 is 5.54 Å². The second-order valence-electron chi connectivity index (χ2n) is 10.5. The van der Waals surface area contributed by atoms with E-state index in [0.29, 0.717) is 42.6 Å². The molecule has 1 fully saturated rings. The highest BCUT2D eigenvalue weighted by molar-refractivity contribution is 6.30. The number of rotatable bonds is 7. The van der Waals surface area contributed by atoms with E-state index >= 15 is 0 Å². The number of methoxy groups -OCH3 is 1. The molecule has 8 heteroatoms. The van der Waals surface area contributed by atoms with Crippen molar-refractivity contribution in [1.29, 1.82) is 0 Å². The molecule has 4 aromatic rings. The van der Waals surface area contributed by atoms with Gasteiger partial charge in [0.15, 0.2) is 17.0 Å². The van der Waals surface area contributed by atoms with E-state index in [1.165, 1.54) is 0 Å². The second kappa shape index (κ2) is 10.2. The van der Waals surface area contributed by atoms with Crippen LogP contribution in [0.3, 0.4) is 0 Å². The minimum Gasteiger partial charge on any atom is -0.493 e. The summed E-state index contributed by atoms with van der Waals surface area (Å²) in [7, 11) is 1.63. The summed E-state index contributed by atoms with van der Waals surface area (Å²) in [6, 6.07) is 21.5. The van der Waals surface area contributed by atoms with E-state index in [9.17, 15) is 9.59 Å². The van der Waals surface area contributed by atoms with Gasteiger partial charge in [0.2, 0.25) is 5.91 Å². The van der Waals surface area contributed by atoms with Crippen LogP contribution in [0.15, 0.2) is 66.7 Å². The van der Waals surface area contributed by atoms with Gasteiger partial charge in [-0.3, -0.25) is 9.59 Å². The Bertz CT molecular complexity index is 1600. The average Bonchev–Trinajstić information content (AvgIpc) is 3.36. The number of para-hydroxylation sites is 2. The lowest BCUT2D eigenvalue weighted by Gasteiger charge is -2.51. The molecule has 0 aliphatic carbocycles. The van der Waals surface area contributed by atoms with Crippen molar-refractivity contribution in [3.8, 4) is 11.5 Å². The average molecular weight is 558 g/mol. The number of benzene rings is 3. The first-order chi connectivity index (χ1) is 19.4.